The average molecular weight is 259 g/mol. The molecule has 0 radical (unpaired) electrons. The number of benzene rings is 2. The summed E-state index contributed by atoms with van der Waals surface area (Å²) < 4.78 is 13.1. The number of nitrogens with one attached hydrogen (secondary N) is 1. The molecule has 4 heteroatoms. The van der Waals surface area contributed by atoms with Crippen LogP contribution >= 0.6 is 0 Å². The van der Waals surface area contributed by atoms with E-state index in [-0.39, 0.29) is 0 Å². The standard InChI is InChI=1S/C15H14FNO2/c16-13-8-4-7-12(9-13)14(15(18)19)17-10-11-5-2-1-3-6-11/h1-9,14,17H,10H2,(H,18,19)/t14-/m1/s1. The number of hydrogen-bond acceptors (Lipinski definition) is 2. The van der Waals surface area contributed by atoms with Gasteiger partial charge in [0.25, 0.3) is 0 Å². The second-order valence-electron chi connectivity index (χ2n) is 4.19. The molecule has 0 bridgehead atoms. The van der Waals surface area contributed by atoms with Crippen LogP contribution in [0, 0.1) is 5.82 Å². The first kappa shape index (κ1) is 13.2. The van der Waals surface area contributed by atoms with Crippen molar-refractivity contribution in [2.24, 2.45) is 0 Å². The van der Waals surface area contributed by atoms with Gasteiger partial charge in [0.05, 0.1) is 0 Å². The molecule has 3 nitrogen and oxygen atoms in total. The Balaban J connectivity index is 2.11. The Labute approximate surface area is 110 Å². The number of hydrogen-bond donors (Lipinski definition) is 2. The van der Waals surface area contributed by atoms with E-state index in [9.17, 15) is 14.3 Å². The molecule has 2 aromatic rings. The summed E-state index contributed by atoms with van der Waals surface area (Å²) in [6, 6.07) is 14.2. The lowest BCUT2D eigenvalue weighted by molar-refractivity contribution is -0.139. The van der Waals surface area contributed by atoms with Gasteiger partial charge in [-0.2, -0.15) is 0 Å². The summed E-state index contributed by atoms with van der Waals surface area (Å²) >= 11 is 0. The molecule has 19 heavy (non-hydrogen) atoms. The van der Waals surface area contributed by atoms with Gasteiger partial charge >= 0.3 is 5.97 Å². The fraction of sp³-hybridized carbons (Fsp3) is 0.133. The van der Waals surface area contributed by atoms with E-state index in [4.69, 9.17) is 0 Å². The van der Waals surface area contributed by atoms with Gasteiger partial charge in [0, 0.05) is 6.54 Å². The molecular formula is C15H14FNO2. The number of rotatable bonds is 5. The molecule has 0 saturated carbocycles. The summed E-state index contributed by atoms with van der Waals surface area (Å²) in [5, 5.41) is 12.1. The van der Waals surface area contributed by atoms with Gasteiger partial charge in [-0.25, -0.2) is 4.39 Å². The highest BCUT2D eigenvalue weighted by Crippen LogP contribution is 2.15. The molecule has 0 amide bonds. The molecule has 2 N–H and O–H groups in total. The van der Waals surface area contributed by atoms with Crippen LogP contribution in [0.25, 0.3) is 0 Å². The maximum Gasteiger partial charge on any atom is 0.325 e. The number of carboxylic acids is 1. The minimum Gasteiger partial charge on any atom is -0.480 e. The van der Waals surface area contributed by atoms with Crippen molar-refractivity contribution >= 4 is 5.97 Å². The van der Waals surface area contributed by atoms with Crippen LogP contribution in [0.5, 0.6) is 0 Å². The molecule has 98 valence electrons. The summed E-state index contributed by atoms with van der Waals surface area (Å²) in [6.45, 7) is 0.411. The quantitative estimate of drug-likeness (QED) is 0.868. The van der Waals surface area contributed by atoms with E-state index in [0.29, 0.717) is 12.1 Å². The minimum atomic E-state index is -1.03. The first-order chi connectivity index (χ1) is 9.16. The summed E-state index contributed by atoms with van der Waals surface area (Å²) in [6.07, 6.45) is 0. The van der Waals surface area contributed by atoms with E-state index < -0.39 is 17.8 Å². The van der Waals surface area contributed by atoms with Gasteiger partial charge in [-0.15, -0.1) is 0 Å². The predicted molar refractivity (Wildman–Crippen MR) is 70.1 cm³/mol. The maximum absolute atomic E-state index is 13.1. The minimum absolute atomic E-state index is 0.406. The Morgan fingerprint density at radius 2 is 1.89 bits per heavy atom. The third kappa shape index (κ3) is 3.63. The van der Waals surface area contributed by atoms with Gasteiger partial charge in [0.1, 0.15) is 11.9 Å². The van der Waals surface area contributed by atoms with Crippen molar-refractivity contribution in [3.63, 3.8) is 0 Å². The molecule has 0 aliphatic heterocycles. The maximum atomic E-state index is 13.1. The number of halogens is 1. The zero-order valence-corrected chi connectivity index (χ0v) is 10.2. The van der Waals surface area contributed by atoms with Crippen LogP contribution in [-0.2, 0) is 11.3 Å². The first-order valence-corrected chi connectivity index (χ1v) is 5.92. The highest BCUT2D eigenvalue weighted by atomic mass is 19.1. The van der Waals surface area contributed by atoms with Crippen LogP contribution in [0.3, 0.4) is 0 Å². The smallest absolute Gasteiger partial charge is 0.325 e. The molecule has 0 aromatic heterocycles. The van der Waals surface area contributed by atoms with Crippen molar-refractivity contribution in [2.75, 3.05) is 0 Å². The lowest BCUT2D eigenvalue weighted by Gasteiger charge is -2.15. The second kappa shape index (κ2) is 6.11. The van der Waals surface area contributed by atoms with E-state index in [0.717, 1.165) is 5.56 Å². The Morgan fingerprint density at radius 3 is 2.53 bits per heavy atom. The van der Waals surface area contributed by atoms with Crippen molar-refractivity contribution in [3.8, 4) is 0 Å². The third-order valence-corrected chi connectivity index (χ3v) is 2.78. The molecule has 2 rings (SSSR count). The van der Waals surface area contributed by atoms with E-state index in [1.807, 2.05) is 30.3 Å². The Morgan fingerprint density at radius 1 is 1.16 bits per heavy atom. The van der Waals surface area contributed by atoms with Crippen LogP contribution in [0.1, 0.15) is 17.2 Å². The van der Waals surface area contributed by atoms with Crippen LogP contribution in [0.15, 0.2) is 54.6 Å². The van der Waals surface area contributed by atoms with Crippen molar-refractivity contribution < 1.29 is 14.3 Å². The van der Waals surface area contributed by atoms with Gasteiger partial charge in [-0.3, -0.25) is 10.1 Å². The molecule has 0 aliphatic carbocycles. The topological polar surface area (TPSA) is 49.3 Å². The Kier molecular flexibility index (Phi) is 4.26. The van der Waals surface area contributed by atoms with E-state index in [2.05, 4.69) is 5.32 Å². The Bertz CT molecular complexity index is 557. The molecule has 0 heterocycles. The monoisotopic (exact) mass is 259 g/mol. The van der Waals surface area contributed by atoms with Gasteiger partial charge in [0.15, 0.2) is 0 Å². The van der Waals surface area contributed by atoms with Crippen molar-refractivity contribution in [1.29, 1.82) is 0 Å². The molecule has 2 aromatic carbocycles. The lowest BCUT2D eigenvalue weighted by atomic mass is 10.1. The lowest BCUT2D eigenvalue weighted by Crippen LogP contribution is -2.28. The fourth-order valence-electron chi connectivity index (χ4n) is 1.85. The van der Waals surface area contributed by atoms with Gasteiger partial charge in [-0.1, -0.05) is 42.5 Å². The molecule has 0 fully saturated rings. The van der Waals surface area contributed by atoms with Gasteiger partial charge in [-0.05, 0) is 23.3 Å². The summed E-state index contributed by atoms with van der Waals surface area (Å²) in [5.41, 5.74) is 1.38. The largest absolute Gasteiger partial charge is 0.480 e. The second-order valence-corrected chi connectivity index (χ2v) is 4.19. The van der Waals surface area contributed by atoms with Crippen LogP contribution < -0.4 is 5.32 Å². The van der Waals surface area contributed by atoms with Gasteiger partial charge in [0.2, 0.25) is 0 Å². The van der Waals surface area contributed by atoms with E-state index in [1.54, 1.807) is 6.07 Å². The first-order valence-electron chi connectivity index (χ1n) is 5.92. The SMILES string of the molecule is O=C(O)[C@H](NCc1ccccc1)c1cccc(F)c1. The fourth-order valence-corrected chi connectivity index (χ4v) is 1.85. The molecule has 1 atom stereocenters. The van der Waals surface area contributed by atoms with Crippen LogP contribution in [-0.4, -0.2) is 11.1 Å². The summed E-state index contributed by atoms with van der Waals surface area (Å²) in [5.74, 6) is -1.47. The number of carboxylic acid groups (broad SMARTS) is 1. The van der Waals surface area contributed by atoms with Crippen LogP contribution in [0.4, 0.5) is 4.39 Å². The molecular weight excluding hydrogens is 245 g/mol. The van der Waals surface area contributed by atoms with Crippen molar-refractivity contribution in [3.05, 3.63) is 71.5 Å². The predicted octanol–water partition coefficient (Wildman–Crippen LogP) is 2.74. The normalized spacial score (nSPS) is 12.1. The van der Waals surface area contributed by atoms with Crippen molar-refractivity contribution in [1.82, 2.24) is 5.32 Å². The van der Waals surface area contributed by atoms with Crippen molar-refractivity contribution in [2.45, 2.75) is 12.6 Å². The highest BCUT2D eigenvalue weighted by Gasteiger charge is 2.19. The molecule has 0 spiro atoms. The summed E-state index contributed by atoms with van der Waals surface area (Å²) in [7, 11) is 0. The van der Waals surface area contributed by atoms with E-state index in [1.165, 1.54) is 18.2 Å². The molecule has 0 aliphatic rings. The number of aliphatic carboxylic acids is 1. The molecule has 0 unspecified atom stereocenters. The Hall–Kier alpha value is -2.20. The average Bonchev–Trinajstić information content (AvgIpc) is 2.40. The van der Waals surface area contributed by atoms with Gasteiger partial charge < -0.3 is 5.11 Å². The zero-order chi connectivity index (χ0) is 13.7. The van der Waals surface area contributed by atoms with E-state index >= 15 is 0 Å². The third-order valence-electron chi connectivity index (χ3n) is 2.78. The number of carbonyl (C=O) groups is 1. The van der Waals surface area contributed by atoms with Crippen LogP contribution in [0.2, 0.25) is 0 Å². The zero-order valence-electron chi connectivity index (χ0n) is 10.2. The molecule has 0 saturated heterocycles. The summed E-state index contributed by atoms with van der Waals surface area (Å²) in [4.78, 5) is 11.2. The highest BCUT2D eigenvalue weighted by molar-refractivity contribution is 5.75.